The fourth-order valence-electron chi connectivity index (χ4n) is 3.76. The molecule has 2 aliphatic heterocycles. The monoisotopic (exact) mass is 367 g/mol. The van der Waals surface area contributed by atoms with Crippen LogP contribution in [0.2, 0.25) is 0 Å². The lowest BCUT2D eigenvalue weighted by atomic mass is 10.0. The number of para-hydroxylation sites is 1. The van der Waals surface area contributed by atoms with Crippen LogP contribution in [0.15, 0.2) is 36.5 Å². The number of rotatable bonds is 4. The van der Waals surface area contributed by atoms with Gasteiger partial charge in [0.2, 0.25) is 0 Å². The molecule has 1 atom stereocenters. The van der Waals surface area contributed by atoms with Gasteiger partial charge in [0, 0.05) is 24.3 Å². The van der Waals surface area contributed by atoms with Gasteiger partial charge in [-0.05, 0) is 44.9 Å². The minimum Gasteiger partial charge on any atom is -0.486 e. The van der Waals surface area contributed by atoms with Crippen LogP contribution in [0.1, 0.15) is 48.7 Å². The Hall–Kier alpha value is -2.76. The normalized spacial score (nSPS) is 18.6. The van der Waals surface area contributed by atoms with Gasteiger partial charge in [0.25, 0.3) is 5.91 Å². The zero-order chi connectivity index (χ0) is 18.8. The van der Waals surface area contributed by atoms with Crippen LogP contribution in [0.5, 0.6) is 11.5 Å². The van der Waals surface area contributed by atoms with E-state index < -0.39 is 0 Å². The van der Waals surface area contributed by atoms with Crippen molar-refractivity contribution in [2.75, 3.05) is 25.1 Å². The molecule has 0 aliphatic carbocycles. The summed E-state index contributed by atoms with van der Waals surface area (Å²) in [6, 6.07) is 9.93. The van der Waals surface area contributed by atoms with E-state index >= 15 is 0 Å². The van der Waals surface area contributed by atoms with Crippen LogP contribution in [0.3, 0.4) is 0 Å². The van der Waals surface area contributed by atoms with Gasteiger partial charge in [0.05, 0.1) is 11.6 Å². The van der Waals surface area contributed by atoms with Crippen molar-refractivity contribution < 1.29 is 14.3 Å². The van der Waals surface area contributed by atoms with Crippen molar-refractivity contribution in [3.8, 4) is 11.5 Å². The number of amides is 1. The lowest BCUT2D eigenvalue weighted by Gasteiger charge is -2.29. The molecule has 27 heavy (non-hydrogen) atoms. The predicted octanol–water partition coefficient (Wildman–Crippen LogP) is 3.65. The van der Waals surface area contributed by atoms with E-state index in [0.717, 1.165) is 42.3 Å². The van der Waals surface area contributed by atoms with Crippen LogP contribution in [-0.2, 0) is 0 Å². The number of hydrogen-bond acceptors (Lipinski definition) is 5. The molecule has 1 fully saturated rings. The lowest BCUT2D eigenvalue weighted by Crippen LogP contribution is -2.31. The largest absolute Gasteiger partial charge is 0.486 e. The Bertz CT molecular complexity index is 820. The topological polar surface area (TPSA) is 63.7 Å². The van der Waals surface area contributed by atoms with Crippen molar-refractivity contribution in [3.63, 3.8) is 0 Å². The van der Waals surface area contributed by atoms with Crippen molar-refractivity contribution in [3.05, 3.63) is 47.7 Å². The fraction of sp³-hybridized carbons (Fsp3) is 0.429. The van der Waals surface area contributed by atoms with E-state index in [1.165, 1.54) is 0 Å². The van der Waals surface area contributed by atoms with Crippen LogP contribution in [0.25, 0.3) is 0 Å². The maximum atomic E-state index is 13.1. The van der Waals surface area contributed by atoms with Gasteiger partial charge >= 0.3 is 0 Å². The third-order valence-corrected chi connectivity index (χ3v) is 4.92. The van der Waals surface area contributed by atoms with Gasteiger partial charge in [-0.1, -0.05) is 12.1 Å². The first kappa shape index (κ1) is 17.6. The summed E-state index contributed by atoms with van der Waals surface area (Å²) in [4.78, 5) is 19.4. The Morgan fingerprint density at radius 1 is 1.22 bits per heavy atom. The number of carbonyl (C=O) groups excluding carboxylic acids is 1. The van der Waals surface area contributed by atoms with Gasteiger partial charge in [0.1, 0.15) is 19.0 Å². The summed E-state index contributed by atoms with van der Waals surface area (Å²) < 4.78 is 11.6. The second-order valence-electron chi connectivity index (χ2n) is 7.26. The number of nitrogens with zero attached hydrogens (tertiary/aromatic N) is 2. The fourth-order valence-corrected chi connectivity index (χ4v) is 3.76. The molecular formula is C21H25N3O3. The van der Waals surface area contributed by atoms with Gasteiger partial charge < -0.3 is 19.7 Å². The molecule has 1 saturated heterocycles. The quantitative estimate of drug-likeness (QED) is 0.894. The van der Waals surface area contributed by atoms with Crippen LogP contribution < -0.4 is 14.8 Å². The molecule has 1 N–H and O–H groups in total. The highest BCUT2D eigenvalue weighted by atomic mass is 16.6. The molecule has 6 heteroatoms. The lowest BCUT2D eigenvalue weighted by molar-refractivity contribution is 0.0730. The molecule has 1 aromatic heterocycles. The second kappa shape index (κ2) is 7.47. The zero-order valence-electron chi connectivity index (χ0n) is 15.8. The summed E-state index contributed by atoms with van der Waals surface area (Å²) in [6.07, 6.45) is 3.55. The Morgan fingerprint density at radius 2 is 2.07 bits per heavy atom. The Balaban J connectivity index is 1.57. The van der Waals surface area contributed by atoms with E-state index in [1.807, 2.05) is 35.2 Å². The molecule has 6 nitrogen and oxygen atoms in total. The SMILES string of the molecule is CC(C)Nc1ccc(C(=O)N2CCCC2c2cccc3c2OCCO3)cn1. The molecule has 3 heterocycles. The third-order valence-electron chi connectivity index (χ3n) is 4.92. The highest BCUT2D eigenvalue weighted by Gasteiger charge is 2.34. The minimum absolute atomic E-state index is 0.00242. The highest BCUT2D eigenvalue weighted by molar-refractivity contribution is 5.94. The Kier molecular flexibility index (Phi) is 4.88. The van der Waals surface area contributed by atoms with E-state index in [2.05, 4.69) is 24.1 Å². The first-order valence-electron chi connectivity index (χ1n) is 9.55. The summed E-state index contributed by atoms with van der Waals surface area (Å²) in [6.45, 7) is 5.95. The first-order valence-corrected chi connectivity index (χ1v) is 9.55. The average molecular weight is 367 g/mol. The van der Waals surface area contributed by atoms with Crippen molar-refractivity contribution in [1.82, 2.24) is 9.88 Å². The standard InChI is InChI=1S/C21H25N3O3/c1-14(2)23-19-9-8-15(13-22-19)21(25)24-10-4-6-17(24)16-5-3-7-18-20(16)27-12-11-26-18/h3,5,7-9,13-14,17H,4,6,10-12H2,1-2H3,(H,22,23). The van der Waals surface area contributed by atoms with Gasteiger partial charge in [-0.25, -0.2) is 4.98 Å². The van der Waals surface area contributed by atoms with E-state index in [4.69, 9.17) is 9.47 Å². The summed E-state index contributed by atoms with van der Waals surface area (Å²) >= 11 is 0. The molecule has 1 unspecified atom stereocenters. The molecular weight excluding hydrogens is 342 g/mol. The maximum Gasteiger partial charge on any atom is 0.255 e. The molecule has 0 saturated carbocycles. The van der Waals surface area contributed by atoms with Crippen molar-refractivity contribution in [2.45, 2.75) is 38.8 Å². The van der Waals surface area contributed by atoms with Gasteiger partial charge in [-0.3, -0.25) is 4.79 Å². The summed E-state index contributed by atoms with van der Waals surface area (Å²) in [5.41, 5.74) is 1.64. The summed E-state index contributed by atoms with van der Waals surface area (Å²) in [5, 5.41) is 3.24. The van der Waals surface area contributed by atoms with Crippen molar-refractivity contribution in [2.24, 2.45) is 0 Å². The molecule has 2 aromatic rings. The van der Waals surface area contributed by atoms with Crippen LogP contribution in [0, 0.1) is 0 Å². The number of aromatic nitrogens is 1. The summed E-state index contributed by atoms with van der Waals surface area (Å²) in [5.74, 6) is 2.34. The van der Waals surface area contributed by atoms with Gasteiger partial charge in [-0.15, -0.1) is 0 Å². The number of anilines is 1. The van der Waals surface area contributed by atoms with E-state index in [1.54, 1.807) is 6.20 Å². The number of pyridine rings is 1. The van der Waals surface area contributed by atoms with Crippen molar-refractivity contribution >= 4 is 11.7 Å². The van der Waals surface area contributed by atoms with E-state index in [9.17, 15) is 4.79 Å². The number of ether oxygens (including phenoxy) is 2. The average Bonchev–Trinajstić information content (AvgIpc) is 3.16. The third kappa shape index (κ3) is 3.56. The molecule has 142 valence electrons. The van der Waals surface area contributed by atoms with Crippen LogP contribution in [0.4, 0.5) is 5.82 Å². The number of hydrogen-bond donors (Lipinski definition) is 1. The Labute approximate surface area is 159 Å². The molecule has 1 aromatic carbocycles. The minimum atomic E-state index is 0.00242. The zero-order valence-corrected chi connectivity index (χ0v) is 15.8. The maximum absolute atomic E-state index is 13.1. The smallest absolute Gasteiger partial charge is 0.255 e. The summed E-state index contributed by atoms with van der Waals surface area (Å²) in [7, 11) is 0. The second-order valence-corrected chi connectivity index (χ2v) is 7.26. The van der Waals surface area contributed by atoms with Gasteiger partial charge in [-0.2, -0.15) is 0 Å². The number of nitrogens with one attached hydrogen (secondary N) is 1. The van der Waals surface area contributed by atoms with Crippen LogP contribution >= 0.6 is 0 Å². The number of likely N-dealkylation sites (tertiary alicyclic amines) is 1. The molecule has 0 spiro atoms. The molecule has 0 radical (unpaired) electrons. The van der Waals surface area contributed by atoms with E-state index in [-0.39, 0.29) is 11.9 Å². The first-order chi connectivity index (χ1) is 13.1. The highest BCUT2D eigenvalue weighted by Crippen LogP contribution is 2.43. The molecule has 1 amide bonds. The van der Waals surface area contributed by atoms with Crippen molar-refractivity contribution in [1.29, 1.82) is 0 Å². The molecule has 4 rings (SSSR count). The predicted molar refractivity (Wildman–Crippen MR) is 103 cm³/mol. The van der Waals surface area contributed by atoms with Gasteiger partial charge in [0.15, 0.2) is 11.5 Å². The number of benzene rings is 1. The molecule has 0 bridgehead atoms. The Morgan fingerprint density at radius 3 is 2.85 bits per heavy atom. The van der Waals surface area contributed by atoms with E-state index in [0.29, 0.717) is 24.8 Å². The van der Waals surface area contributed by atoms with Crippen LogP contribution in [-0.4, -0.2) is 41.6 Å². The number of fused-ring (bicyclic) bond motifs is 1. The molecule has 2 aliphatic rings. The number of carbonyl (C=O) groups is 1.